The number of aromatic nitrogens is 2. The van der Waals surface area contributed by atoms with Crippen molar-refractivity contribution in [2.45, 2.75) is 14.7 Å². The van der Waals surface area contributed by atoms with Crippen LogP contribution in [0.2, 0.25) is 0 Å². The third kappa shape index (κ3) is 5.29. The summed E-state index contributed by atoms with van der Waals surface area (Å²) in [4.78, 5) is 2.26. The molecule has 6 rings (SSSR count). The van der Waals surface area contributed by atoms with Gasteiger partial charge in [-0.25, -0.2) is 30.2 Å². The van der Waals surface area contributed by atoms with E-state index in [9.17, 15) is 38.9 Å². The zero-order valence-electron chi connectivity index (χ0n) is 21.5. The van der Waals surface area contributed by atoms with Crippen LogP contribution in [0.1, 0.15) is 0 Å². The van der Waals surface area contributed by atoms with E-state index in [1.54, 1.807) is 12.1 Å². The molecule has 1 aromatic heterocycles. The first-order chi connectivity index (χ1) is 20.2. The highest BCUT2D eigenvalue weighted by Crippen LogP contribution is 2.36. The second-order valence-corrected chi connectivity index (χ2v) is 13.5. The Kier molecular flexibility index (Phi) is 6.68. The molecule has 43 heavy (non-hydrogen) atoms. The normalized spacial score (nSPS) is 12.6. The summed E-state index contributed by atoms with van der Waals surface area (Å²) in [6.45, 7) is 0. The second kappa shape index (κ2) is 10.0. The molecule has 0 spiro atoms. The van der Waals surface area contributed by atoms with E-state index in [0.29, 0.717) is 33.5 Å². The summed E-state index contributed by atoms with van der Waals surface area (Å²) in [6, 6.07) is 23.8. The number of benzene rings is 5. The minimum atomic E-state index is -5.32. The lowest BCUT2D eigenvalue weighted by atomic mass is 10.0. The zero-order chi connectivity index (χ0) is 30.7. The second-order valence-electron chi connectivity index (χ2n) is 9.42. The number of hydrogen-bond donors (Lipinski definition) is 1. The number of para-hydroxylation sites is 3. The molecule has 6 aromatic rings. The van der Waals surface area contributed by atoms with Crippen LogP contribution in [0.4, 0.5) is 11.4 Å². The summed E-state index contributed by atoms with van der Waals surface area (Å²) >= 11 is 0. The molecular formula is C28H17N3O9S3-2. The van der Waals surface area contributed by atoms with Gasteiger partial charge in [0.2, 0.25) is 16.7 Å². The number of nitrogens with zero attached hydrogens (tertiary/aromatic N) is 2. The van der Waals surface area contributed by atoms with Gasteiger partial charge < -0.3 is 19.0 Å². The van der Waals surface area contributed by atoms with Crippen molar-refractivity contribution in [3.63, 3.8) is 0 Å². The van der Waals surface area contributed by atoms with E-state index in [0.717, 1.165) is 30.0 Å². The predicted octanol–water partition coefficient (Wildman–Crippen LogP) is 3.27. The van der Waals surface area contributed by atoms with Crippen molar-refractivity contribution in [3.8, 4) is 5.69 Å². The highest BCUT2D eigenvalue weighted by Gasteiger charge is 2.24. The maximum absolute atomic E-state index is 12.1. The first-order valence-corrected chi connectivity index (χ1v) is 16.5. The molecule has 0 amide bonds. The number of fused-ring (bicyclic) bond motifs is 4. The van der Waals surface area contributed by atoms with Gasteiger partial charge in [-0.15, -0.1) is 4.57 Å². The lowest BCUT2D eigenvalue weighted by Gasteiger charge is -2.19. The number of hydrogen-bond acceptors (Lipinski definition) is 11. The summed E-state index contributed by atoms with van der Waals surface area (Å²) in [5.74, 6) is 0. The third-order valence-electron chi connectivity index (χ3n) is 6.74. The van der Waals surface area contributed by atoms with Gasteiger partial charge in [0.25, 0.3) is 0 Å². The molecule has 0 fully saturated rings. The van der Waals surface area contributed by atoms with E-state index in [1.165, 1.54) is 12.1 Å². The van der Waals surface area contributed by atoms with Crippen LogP contribution in [0.3, 0.4) is 0 Å². The first-order valence-electron chi connectivity index (χ1n) is 12.3. The van der Waals surface area contributed by atoms with Gasteiger partial charge in [0.05, 0.1) is 26.1 Å². The van der Waals surface area contributed by atoms with E-state index in [2.05, 4.69) is 5.32 Å². The molecule has 1 N–H and O–H groups in total. The van der Waals surface area contributed by atoms with Crippen molar-refractivity contribution in [2.75, 3.05) is 5.32 Å². The molecule has 12 nitrogen and oxygen atoms in total. The molecular weight excluding hydrogens is 619 g/mol. The van der Waals surface area contributed by atoms with E-state index in [4.69, 9.17) is 4.98 Å². The molecule has 0 unspecified atom stereocenters. The van der Waals surface area contributed by atoms with Crippen molar-refractivity contribution in [2.24, 2.45) is 0 Å². The van der Waals surface area contributed by atoms with Crippen LogP contribution in [0, 0.1) is 0 Å². The quantitative estimate of drug-likeness (QED) is 0.122. The molecule has 0 bridgehead atoms. The average Bonchev–Trinajstić information content (AvgIpc) is 2.95. The molecule has 0 aliphatic carbocycles. The van der Waals surface area contributed by atoms with E-state index < -0.39 is 50.7 Å². The van der Waals surface area contributed by atoms with Gasteiger partial charge in [0.1, 0.15) is 41.4 Å². The van der Waals surface area contributed by atoms with Gasteiger partial charge >= 0.3 is 0 Å². The topological polar surface area (TPSA) is 200 Å². The van der Waals surface area contributed by atoms with Gasteiger partial charge in [-0.2, -0.15) is 0 Å². The van der Waals surface area contributed by atoms with E-state index in [1.807, 2.05) is 47.0 Å². The van der Waals surface area contributed by atoms with Crippen LogP contribution in [0.5, 0.6) is 0 Å². The summed E-state index contributed by atoms with van der Waals surface area (Å²) in [5.41, 5.74) is 2.55. The van der Waals surface area contributed by atoms with Gasteiger partial charge in [0.15, 0.2) is 0 Å². The SMILES string of the molecule is O=S(=O)([O-])c1ccc(Nc2cc3c(nc4ccccc4[n+]3-c3ccccc3)c3ccc(S(=O)(=O)[O-])cc23)c(S(=O)(=O)[O-])c1. The van der Waals surface area contributed by atoms with Crippen LogP contribution >= 0.6 is 0 Å². The minimum absolute atomic E-state index is 0.0531. The Hall–Kier alpha value is -4.51. The Labute approximate surface area is 245 Å². The van der Waals surface area contributed by atoms with E-state index in [-0.39, 0.29) is 11.1 Å². The minimum Gasteiger partial charge on any atom is -0.744 e. The Bertz CT molecular complexity index is 2450. The number of rotatable bonds is 6. The van der Waals surface area contributed by atoms with Crippen LogP contribution in [0.25, 0.3) is 38.5 Å². The van der Waals surface area contributed by atoms with Crippen LogP contribution in [-0.2, 0) is 30.4 Å². The highest BCUT2D eigenvalue weighted by molar-refractivity contribution is 7.86. The van der Waals surface area contributed by atoms with Gasteiger partial charge in [-0.05, 0) is 36.4 Å². The van der Waals surface area contributed by atoms with Crippen LogP contribution in [0.15, 0.2) is 112 Å². The molecule has 0 aliphatic rings. The summed E-state index contributed by atoms with van der Waals surface area (Å²) in [6.07, 6.45) is 0. The maximum atomic E-state index is 12.1. The smallest absolute Gasteiger partial charge is 0.240 e. The Morgan fingerprint density at radius 2 is 1.21 bits per heavy atom. The fraction of sp³-hybridized carbons (Fsp3) is 0. The van der Waals surface area contributed by atoms with Crippen LogP contribution in [-0.4, -0.2) is 43.9 Å². The van der Waals surface area contributed by atoms with Crippen LogP contribution < -0.4 is 9.88 Å². The summed E-state index contributed by atoms with van der Waals surface area (Å²) < 4.78 is 109. The van der Waals surface area contributed by atoms with Crippen molar-refractivity contribution >= 4 is 74.6 Å². The van der Waals surface area contributed by atoms with Gasteiger partial charge in [-0.1, -0.05) is 36.4 Å². The van der Waals surface area contributed by atoms with Crippen molar-refractivity contribution < 1.29 is 43.5 Å². The van der Waals surface area contributed by atoms with Crippen molar-refractivity contribution in [3.05, 3.63) is 97.1 Å². The lowest BCUT2D eigenvalue weighted by Crippen LogP contribution is -2.33. The van der Waals surface area contributed by atoms with Gasteiger partial charge in [-0.3, -0.25) is 0 Å². The Balaban J connectivity index is 1.74. The molecule has 15 heteroatoms. The first kappa shape index (κ1) is 28.6. The highest BCUT2D eigenvalue weighted by atomic mass is 32.2. The lowest BCUT2D eigenvalue weighted by molar-refractivity contribution is -0.538. The summed E-state index contributed by atoms with van der Waals surface area (Å²) in [5, 5.41) is 3.28. The molecule has 0 atom stereocenters. The average molecular weight is 636 g/mol. The zero-order valence-corrected chi connectivity index (χ0v) is 24.0. The number of anilines is 2. The largest absolute Gasteiger partial charge is 0.744 e. The fourth-order valence-electron chi connectivity index (χ4n) is 4.89. The molecule has 0 aliphatic heterocycles. The van der Waals surface area contributed by atoms with Gasteiger partial charge in [0, 0.05) is 35.0 Å². The summed E-state index contributed by atoms with van der Waals surface area (Å²) in [7, 11) is -15.4. The molecule has 5 aromatic carbocycles. The maximum Gasteiger partial charge on any atom is 0.240 e. The monoisotopic (exact) mass is 635 g/mol. The van der Waals surface area contributed by atoms with E-state index >= 15 is 0 Å². The number of nitrogens with one attached hydrogen (secondary N) is 1. The van der Waals surface area contributed by atoms with Crippen molar-refractivity contribution in [1.29, 1.82) is 0 Å². The molecule has 0 saturated heterocycles. The molecule has 0 saturated carbocycles. The Morgan fingerprint density at radius 3 is 1.88 bits per heavy atom. The molecule has 0 radical (unpaired) electrons. The van der Waals surface area contributed by atoms with Crippen molar-refractivity contribution in [1.82, 2.24) is 4.98 Å². The standard InChI is InChI=1S/C28H19N3O9S3/c32-41(33,34)18-10-12-20-21(14-18)24(29-23-13-11-19(42(35,36)37)15-27(23)43(38,39)40)16-26-28(20)30-22-8-4-5-9-25(22)31(26)17-6-2-1-3-7-17/h1-16H,(H3,32,33,34,35,36,37,38,39,40)/p-2. The third-order valence-corrected chi connectivity index (χ3v) is 9.28. The predicted molar refractivity (Wildman–Crippen MR) is 152 cm³/mol. The molecule has 218 valence electrons. The molecule has 1 heterocycles. The Morgan fingerprint density at radius 1 is 0.581 bits per heavy atom. The fourth-order valence-corrected chi connectivity index (χ4v) is 6.62.